The van der Waals surface area contributed by atoms with Gasteiger partial charge in [-0.15, -0.1) is 11.8 Å². The number of hydrogen-bond donors (Lipinski definition) is 1. The molecule has 0 spiro atoms. The van der Waals surface area contributed by atoms with Crippen LogP contribution in [0.25, 0.3) is 21.8 Å². The number of aromatic amines is 1. The Morgan fingerprint density at radius 2 is 1.95 bits per heavy atom. The smallest absolute Gasteiger partial charge is 0.261 e. The number of H-pyrrole nitrogens is 1. The lowest BCUT2D eigenvalue weighted by molar-refractivity contribution is 0.609. The summed E-state index contributed by atoms with van der Waals surface area (Å²) in [6, 6.07) is 6.72. The summed E-state index contributed by atoms with van der Waals surface area (Å²) in [6.07, 6.45) is 3.69. The summed E-state index contributed by atoms with van der Waals surface area (Å²) >= 11 is 1.54. The molecule has 0 saturated heterocycles. The molecule has 1 N–H and O–H groups in total. The quantitative estimate of drug-likeness (QED) is 0.582. The Morgan fingerprint density at radius 1 is 1.21 bits per heavy atom. The van der Waals surface area contributed by atoms with Gasteiger partial charge in [0.2, 0.25) is 0 Å². The molecule has 3 rings (SSSR count). The Labute approximate surface area is 118 Å². The van der Waals surface area contributed by atoms with Crippen LogP contribution in [0.4, 0.5) is 0 Å². The molecule has 0 atom stereocenters. The van der Waals surface area contributed by atoms with Crippen molar-refractivity contribution < 1.29 is 8.42 Å². The molecule has 3 aromatic rings. The van der Waals surface area contributed by atoms with Gasteiger partial charge in [0.05, 0.1) is 21.6 Å². The van der Waals surface area contributed by atoms with E-state index in [2.05, 4.69) is 9.97 Å². The Balaban J connectivity index is 2.39. The number of nitrogens with one attached hydrogen (secondary N) is 1. The molecule has 1 aromatic carbocycles. The molecule has 0 radical (unpaired) electrons. The lowest BCUT2D eigenvalue weighted by Gasteiger charge is -1.97. The van der Waals surface area contributed by atoms with E-state index >= 15 is 0 Å². The number of fused-ring (bicyclic) bond motifs is 3. The third-order valence-corrected chi connectivity index (χ3v) is 4.91. The number of thioether (sulfide) groups is 1. The minimum atomic E-state index is -3.72. The molecule has 98 valence electrons. The van der Waals surface area contributed by atoms with Crippen LogP contribution in [0.1, 0.15) is 0 Å². The molecule has 2 heterocycles. The first-order chi connectivity index (χ1) is 8.99. The highest BCUT2D eigenvalue weighted by molar-refractivity contribution is 8.13. The van der Waals surface area contributed by atoms with Gasteiger partial charge < -0.3 is 4.98 Å². The normalized spacial score (nSPS) is 12.3. The van der Waals surface area contributed by atoms with Crippen molar-refractivity contribution >= 4 is 53.3 Å². The number of halogens is 1. The van der Waals surface area contributed by atoms with E-state index in [1.807, 2.05) is 12.3 Å². The first-order valence-corrected chi connectivity index (χ1v) is 8.92. The van der Waals surface area contributed by atoms with Gasteiger partial charge in [-0.25, -0.2) is 13.4 Å². The van der Waals surface area contributed by atoms with Crippen molar-refractivity contribution in [3.8, 4) is 0 Å². The first-order valence-electron chi connectivity index (χ1n) is 5.39. The zero-order chi connectivity index (χ0) is 13.6. The van der Waals surface area contributed by atoms with Crippen molar-refractivity contribution in [1.82, 2.24) is 9.97 Å². The van der Waals surface area contributed by atoms with Crippen LogP contribution >= 0.6 is 22.4 Å². The summed E-state index contributed by atoms with van der Waals surface area (Å²) in [6.45, 7) is 0. The number of rotatable bonds is 2. The molecule has 0 fully saturated rings. The molecule has 0 aliphatic heterocycles. The minimum absolute atomic E-state index is 0.102. The third-order valence-electron chi connectivity index (χ3n) is 2.92. The first kappa shape index (κ1) is 12.8. The molecule has 0 aliphatic carbocycles. The summed E-state index contributed by atoms with van der Waals surface area (Å²) in [5.74, 6) is 0. The molecule has 0 unspecified atom stereocenters. The second-order valence-corrected chi connectivity index (χ2v) is 7.43. The molecule has 0 amide bonds. The highest BCUT2D eigenvalue weighted by Gasteiger charge is 2.13. The van der Waals surface area contributed by atoms with Crippen LogP contribution in [0, 0.1) is 0 Å². The molecule has 0 aliphatic rings. The van der Waals surface area contributed by atoms with Crippen LogP contribution in [0.3, 0.4) is 0 Å². The predicted octanol–water partition coefficient (Wildman–Crippen LogP) is 3.37. The SMILES string of the molecule is CSc1cc2c(cn1)[nH]c1ccc(S(=O)(=O)Cl)cc12. The molecule has 0 bridgehead atoms. The maximum Gasteiger partial charge on any atom is 0.261 e. The van der Waals surface area contributed by atoms with Crippen LogP contribution in [-0.2, 0) is 9.05 Å². The summed E-state index contributed by atoms with van der Waals surface area (Å²) in [7, 11) is 1.66. The van der Waals surface area contributed by atoms with E-state index in [-0.39, 0.29) is 4.90 Å². The average Bonchev–Trinajstić information content (AvgIpc) is 2.74. The second-order valence-electron chi connectivity index (χ2n) is 4.04. The van der Waals surface area contributed by atoms with Gasteiger partial charge in [0.15, 0.2) is 0 Å². The van der Waals surface area contributed by atoms with E-state index in [0.29, 0.717) is 0 Å². The van der Waals surface area contributed by atoms with Crippen molar-refractivity contribution in [1.29, 1.82) is 0 Å². The van der Waals surface area contributed by atoms with Gasteiger partial charge in [-0.2, -0.15) is 0 Å². The third kappa shape index (κ3) is 2.20. The van der Waals surface area contributed by atoms with E-state index in [0.717, 1.165) is 26.8 Å². The zero-order valence-electron chi connectivity index (χ0n) is 9.84. The van der Waals surface area contributed by atoms with Crippen molar-refractivity contribution in [3.05, 3.63) is 30.5 Å². The van der Waals surface area contributed by atoms with Crippen molar-refractivity contribution in [2.24, 2.45) is 0 Å². The zero-order valence-corrected chi connectivity index (χ0v) is 12.2. The van der Waals surface area contributed by atoms with Gasteiger partial charge in [-0.05, 0) is 30.5 Å². The van der Waals surface area contributed by atoms with Crippen molar-refractivity contribution in [2.45, 2.75) is 9.92 Å². The van der Waals surface area contributed by atoms with E-state index in [9.17, 15) is 8.42 Å². The van der Waals surface area contributed by atoms with Gasteiger partial charge >= 0.3 is 0 Å². The minimum Gasteiger partial charge on any atom is -0.353 e. The van der Waals surface area contributed by atoms with E-state index < -0.39 is 9.05 Å². The molecule has 7 heteroatoms. The van der Waals surface area contributed by atoms with Crippen LogP contribution in [0.15, 0.2) is 40.4 Å². The monoisotopic (exact) mass is 312 g/mol. The number of aromatic nitrogens is 2. The summed E-state index contributed by atoms with van der Waals surface area (Å²) < 4.78 is 22.8. The number of benzene rings is 1. The largest absolute Gasteiger partial charge is 0.353 e. The molecular formula is C12H9ClN2O2S2. The highest BCUT2D eigenvalue weighted by Crippen LogP contribution is 2.30. The van der Waals surface area contributed by atoms with Crippen LogP contribution < -0.4 is 0 Å². The van der Waals surface area contributed by atoms with Crippen LogP contribution in [0.5, 0.6) is 0 Å². The Kier molecular flexibility index (Phi) is 2.96. The number of pyridine rings is 1. The highest BCUT2D eigenvalue weighted by atomic mass is 35.7. The second kappa shape index (κ2) is 4.40. The fourth-order valence-electron chi connectivity index (χ4n) is 2.02. The average molecular weight is 313 g/mol. The van der Waals surface area contributed by atoms with Crippen molar-refractivity contribution in [2.75, 3.05) is 6.26 Å². The van der Waals surface area contributed by atoms with Gasteiger partial charge in [0.25, 0.3) is 9.05 Å². The molecule has 4 nitrogen and oxygen atoms in total. The summed E-state index contributed by atoms with van der Waals surface area (Å²) in [4.78, 5) is 7.58. The molecule has 2 aromatic heterocycles. The maximum absolute atomic E-state index is 11.4. The maximum atomic E-state index is 11.4. The predicted molar refractivity (Wildman–Crippen MR) is 78.4 cm³/mol. The van der Waals surface area contributed by atoms with E-state index in [4.69, 9.17) is 10.7 Å². The fraction of sp³-hybridized carbons (Fsp3) is 0.0833. The van der Waals surface area contributed by atoms with E-state index in [1.54, 1.807) is 18.3 Å². The summed E-state index contributed by atoms with van der Waals surface area (Å²) in [5, 5.41) is 2.65. The molecule has 0 saturated carbocycles. The Morgan fingerprint density at radius 3 is 2.63 bits per heavy atom. The van der Waals surface area contributed by atoms with Gasteiger partial charge in [-0.1, -0.05) is 0 Å². The lowest BCUT2D eigenvalue weighted by Crippen LogP contribution is -1.89. The molecular weight excluding hydrogens is 304 g/mol. The Bertz CT molecular complexity index is 887. The van der Waals surface area contributed by atoms with Crippen LogP contribution in [-0.4, -0.2) is 24.6 Å². The van der Waals surface area contributed by atoms with Gasteiger partial charge in [0, 0.05) is 27.0 Å². The fourth-order valence-corrected chi connectivity index (χ4v) is 3.19. The summed E-state index contributed by atoms with van der Waals surface area (Å²) in [5.41, 5.74) is 1.73. The van der Waals surface area contributed by atoms with Crippen LogP contribution in [0.2, 0.25) is 0 Å². The Hall–Kier alpha value is -1.24. The molecule has 19 heavy (non-hydrogen) atoms. The van der Waals surface area contributed by atoms with E-state index in [1.165, 1.54) is 17.8 Å². The van der Waals surface area contributed by atoms with Crippen molar-refractivity contribution in [3.63, 3.8) is 0 Å². The van der Waals surface area contributed by atoms with Gasteiger partial charge in [-0.3, -0.25) is 0 Å². The topological polar surface area (TPSA) is 62.8 Å². The number of nitrogens with zero attached hydrogens (tertiary/aromatic N) is 1. The van der Waals surface area contributed by atoms with Gasteiger partial charge in [0.1, 0.15) is 0 Å². The number of hydrogen-bond acceptors (Lipinski definition) is 4. The standard InChI is InChI=1S/C12H9ClN2O2S2/c1-18-12-5-9-8-4-7(19(13,16)17)2-3-10(8)15-11(9)6-14-12/h2-6,15H,1H3. The lowest BCUT2D eigenvalue weighted by atomic mass is 10.2.